The van der Waals surface area contributed by atoms with Gasteiger partial charge in [0.2, 0.25) is 0 Å². The van der Waals surface area contributed by atoms with E-state index in [9.17, 15) is 4.79 Å². The highest BCUT2D eigenvalue weighted by molar-refractivity contribution is 6.22. The second kappa shape index (κ2) is 4.43. The Labute approximate surface area is 102 Å². The molecular weight excluding hydrogens is 208 g/mol. The summed E-state index contributed by atoms with van der Waals surface area (Å²) in [5.41, 5.74) is 4.51. The van der Waals surface area contributed by atoms with Crippen LogP contribution in [0.5, 0.6) is 0 Å². The SMILES string of the molecule is CC(C)=CC#CC1=C(C)C(=O)c2ccccc21. The topological polar surface area (TPSA) is 17.1 Å². The van der Waals surface area contributed by atoms with Crippen LogP contribution in [0.2, 0.25) is 0 Å². The molecule has 0 radical (unpaired) electrons. The number of ketones is 1. The van der Waals surface area contributed by atoms with Gasteiger partial charge in [-0.25, -0.2) is 0 Å². The molecule has 0 spiro atoms. The molecule has 1 aliphatic carbocycles. The summed E-state index contributed by atoms with van der Waals surface area (Å²) in [6, 6.07) is 7.64. The number of hydrogen-bond donors (Lipinski definition) is 0. The number of carbonyl (C=O) groups excluding carboxylic acids is 1. The maximum atomic E-state index is 12.0. The lowest BCUT2D eigenvalue weighted by atomic mass is 10.1. The second-order valence-corrected chi connectivity index (χ2v) is 4.37. The summed E-state index contributed by atoms with van der Waals surface area (Å²) in [4.78, 5) is 12.0. The minimum Gasteiger partial charge on any atom is -0.289 e. The first-order valence-corrected chi connectivity index (χ1v) is 5.61. The molecule has 0 aromatic heterocycles. The van der Waals surface area contributed by atoms with Crippen LogP contribution in [0.15, 0.2) is 41.5 Å². The van der Waals surface area contributed by atoms with E-state index in [-0.39, 0.29) is 5.78 Å². The van der Waals surface area contributed by atoms with Gasteiger partial charge in [-0.3, -0.25) is 4.79 Å². The quantitative estimate of drug-likeness (QED) is 0.613. The summed E-state index contributed by atoms with van der Waals surface area (Å²) < 4.78 is 0. The molecule has 0 saturated carbocycles. The van der Waals surface area contributed by atoms with E-state index < -0.39 is 0 Å². The van der Waals surface area contributed by atoms with E-state index in [4.69, 9.17) is 0 Å². The zero-order chi connectivity index (χ0) is 12.4. The fourth-order valence-electron chi connectivity index (χ4n) is 1.83. The first kappa shape index (κ1) is 11.4. The van der Waals surface area contributed by atoms with Crippen molar-refractivity contribution in [2.75, 3.05) is 0 Å². The lowest BCUT2D eigenvalue weighted by molar-refractivity contribution is 0.103. The van der Waals surface area contributed by atoms with Crippen LogP contribution in [0, 0.1) is 11.8 Å². The van der Waals surface area contributed by atoms with Crippen molar-refractivity contribution >= 4 is 11.4 Å². The van der Waals surface area contributed by atoms with Crippen LogP contribution < -0.4 is 0 Å². The summed E-state index contributed by atoms with van der Waals surface area (Å²) in [6.45, 7) is 5.85. The Morgan fingerprint density at radius 3 is 2.47 bits per heavy atom. The van der Waals surface area contributed by atoms with Crippen LogP contribution in [-0.4, -0.2) is 5.78 Å². The Morgan fingerprint density at radius 1 is 1.18 bits per heavy atom. The van der Waals surface area contributed by atoms with E-state index in [1.165, 1.54) is 0 Å². The maximum absolute atomic E-state index is 12.0. The van der Waals surface area contributed by atoms with E-state index in [0.717, 1.165) is 27.8 Å². The Kier molecular flexibility index (Phi) is 2.97. The standard InChI is InChI=1S/C16H14O/c1-11(2)7-6-10-13-12(3)16(17)15-9-5-4-8-14(13)15/h4-5,7-9H,1-3H3. The highest BCUT2D eigenvalue weighted by atomic mass is 16.1. The van der Waals surface area contributed by atoms with Crippen LogP contribution in [0.4, 0.5) is 0 Å². The molecule has 0 N–H and O–H groups in total. The monoisotopic (exact) mass is 222 g/mol. The molecule has 1 nitrogen and oxygen atoms in total. The van der Waals surface area contributed by atoms with Gasteiger partial charge >= 0.3 is 0 Å². The van der Waals surface area contributed by atoms with Gasteiger partial charge in [0.1, 0.15) is 0 Å². The van der Waals surface area contributed by atoms with Crippen molar-refractivity contribution in [3.63, 3.8) is 0 Å². The molecule has 1 aromatic carbocycles. The van der Waals surface area contributed by atoms with Gasteiger partial charge in [-0.2, -0.15) is 0 Å². The van der Waals surface area contributed by atoms with Crippen LogP contribution in [0.3, 0.4) is 0 Å². The van der Waals surface area contributed by atoms with E-state index in [1.807, 2.05) is 51.1 Å². The van der Waals surface area contributed by atoms with Gasteiger partial charge in [-0.1, -0.05) is 41.7 Å². The Hall–Kier alpha value is -2.07. The molecule has 0 aliphatic heterocycles. The van der Waals surface area contributed by atoms with Crippen LogP contribution in [-0.2, 0) is 0 Å². The average Bonchev–Trinajstić information content (AvgIpc) is 2.54. The van der Waals surface area contributed by atoms with Crippen LogP contribution >= 0.6 is 0 Å². The minimum absolute atomic E-state index is 0.0992. The van der Waals surface area contributed by atoms with E-state index in [0.29, 0.717) is 0 Å². The summed E-state index contributed by atoms with van der Waals surface area (Å²) in [5, 5.41) is 0. The van der Waals surface area contributed by atoms with Crippen molar-refractivity contribution < 1.29 is 4.79 Å². The highest BCUT2D eigenvalue weighted by Crippen LogP contribution is 2.31. The molecule has 0 atom stereocenters. The molecule has 0 saturated heterocycles. The molecule has 17 heavy (non-hydrogen) atoms. The van der Waals surface area contributed by atoms with E-state index in [2.05, 4.69) is 11.8 Å². The largest absolute Gasteiger partial charge is 0.289 e. The third kappa shape index (κ3) is 2.07. The molecule has 1 aliphatic rings. The predicted molar refractivity (Wildman–Crippen MR) is 70.6 cm³/mol. The van der Waals surface area contributed by atoms with Crippen molar-refractivity contribution in [2.24, 2.45) is 0 Å². The van der Waals surface area contributed by atoms with Gasteiger partial charge in [0, 0.05) is 22.3 Å². The Balaban J connectivity index is 2.50. The van der Waals surface area contributed by atoms with Gasteiger partial charge in [0.05, 0.1) is 0 Å². The lowest BCUT2D eigenvalue weighted by Crippen LogP contribution is -1.94. The molecule has 0 amide bonds. The van der Waals surface area contributed by atoms with Crippen molar-refractivity contribution in [1.29, 1.82) is 0 Å². The molecule has 0 bridgehead atoms. The predicted octanol–water partition coefficient (Wildman–Crippen LogP) is 3.63. The fourth-order valence-corrected chi connectivity index (χ4v) is 1.83. The minimum atomic E-state index is 0.0992. The summed E-state index contributed by atoms with van der Waals surface area (Å²) in [6.07, 6.45) is 1.87. The van der Waals surface area contributed by atoms with Crippen molar-refractivity contribution in [3.05, 3.63) is 52.6 Å². The number of Topliss-reactive ketones (excluding diaryl/α,β-unsaturated/α-hetero) is 1. The van der Waals surface area contributed by atoms with Crippen LogP contribution in [0.1, 0.15) is 36.7 Å². The van der Waals surface area contributed by atoms with Gasteiger partial charge in [0.25, 0.3) is 0 Å². The maximum Gasteiger partial charge on any atom is 0.190 e. The molecule has 84 valence electrons. The first-order valence-electron chi connectivity index (χ1n) is 5.61. The zero-order valence-corrected chi connectivity index (χ0v) is 10.3. The average molecular weight is 222 g/mol. The Bertz CT molecular complexity index is 600. The molecule has 0 heterocycles. The van der Waals surface area contributed by atoms with Gasteiger partial charge in [-0.05, 0) is 26.8 Å². The third-order valence-electron chi connectivity index (χ3n) is 2.71. The number of rotatable bonds is 0. The summed E-state index contributed by atoms with van der Waals surface area (Å²) in [7, 11) is 0. The lowest BCUT2D eigenvalue weighted by Gasteiger charge is -1.96. The van der Waals surface area contributed by atoms with E-state index in [1.54, 1.807) is 0 Å². The highest BCUT2D eigenvalue weighted by Gasteiger charge is 2.24. The van der Waals surface area contributed by atoms with Crippen LogP contribution in [0.25, 0.3) is 5.57 Å². The van der Waals surface area contributed by atoms with Gasteiger partial charge in [0.15, 0.2) is 5.78 Å². The summed E-state index contributed by atoms with van der Waals surface area (Å²) >= 11 is 0. The van der Waals surface area contributed by atoms with Gasteiger partial charge < -0.3 is 0 Å². The molecular formula is C16H14O. The molecule has 0 fully saturated rings. The van der Waals surface area contributed by atoms with Crippen molar-refractivity contribution in [1.82, 2.24) is 0 Å². The third-order valence-corrected chi connectivity index (χ3v) is 2.71. The zero-order valence-electron chi connectivity index (χ0n) is 10.3. The second-order valence-electron chi connectivity index (χ2n) is 4.37. The number of carbonyl (C=O) groups is 1. The summed E-state index contributed by atoms with van der Waals surface area (Å²) in [5.74, 6) is 6.18. The van der Waals surface area contributed by atoms with Crippen molar-refractivity contribution in [2.45, 2.75) is 20.8 Å². The normalized spacial score (nSPS) is 13.0. The number of allylic oxidation sites excluding steroid dienone is 4. The number of hydrogen-bond acceptors (Lipinski definition) is 1. The van der Waals surface area contributed by atoms with Crippen molar-refractivity contribution in [3.8, 4) is 11.8 Å². The van der Waals surface area contributed by atoms with E-state index >= 15 is 0 Å². The molecule has 1 heteroatoms. The first-order chi connectivity index (χ1) is 8.11. The smallest absolute Gasteiger partial charge is 0.190 e. The molecule has 0 unspecified atom stereocenters. The van der Waals surface area contributed by atoms with Gasteiger partial charge in [-0.15, -0.1) is 0 Å². The fraction of sp³-hybridized carbons (Fsp3) is 0.188. The number of fused-ring (bicyclic) bond motifs is 1. The molecule has 1 aromatic rings. The Morgan fingerprint density at radius 2 is 1.82 bits per heavy atom. The molecule has 2 rings (SSSR count). The number of benzene rings is 1.